The number of methoxy groups -OCH3 is 1. The maximum Gasteiger partial charge on any atom is 0.313 e. The molecule has 0 heterocycles. The second-order valence-corrected chi connectivity index (χ2v) is 4.78. The summed E-state index contributed by atoms with van der Waals surface area (Å²) in [7, 11) is 1.52. The first kappa shape index (κ1) is 16.5. The molecule has 1 atom stereocenters. The lowest BCUT2D eigenvalue weighted by Crippen LogP contribution is -2.50. The van der Waals surface area contributed by atoms with E-state index in [9.17, 15) is 14.4 Å². The minimum absolute atomic E-state index is 0.208. The number of hydrogen-bond acceptors (Lipinski definition) is 4. The van der Waals surface area contributed by atoms with Gasteiger partial charge in [0.2, 0.25) is 5.91 Å². The number of nitrogens with one attached hydrogen (secondary N) is 2. The van der Waals surface area contributed by atoms with Gasteiger partial charge in [-0.05, 0) is 30.2 Å². The normalized spacial score (nSPS) is 11.6. The number of benzene rings is 1. The molecule has 1 aromatic rings. The molecule has 0 saturated heterocycles. The molecule has 0 bridgehead atoms. The van der Waals surface area contributed by atoms with Gasteiger partial charge in [0.05, 0.1) is 7.11 Å². The van der Waals surface area contributed by atoms with Crippen molar-refractivity contribution in [3.05, 3.63) is 24.3 Å². The molecule has 0 aromatic heterocycles. The first-order valence-electron chi connectivity index (χ1n) is 6.40. The van der Waals surface area contributed by atoms with Crippen molar-refractivity contribution in [2.75, 3.05) is 12.4 Å². The summed E-state index contributed by atoms with van der Waals surface area (Å²) in [6, 6.07) is 5.59. The number of ether oxygens (including phenoxy) is 1. The monoisotopic (exact) mass is 293 g/mol. The van der Waals surface area contributed by atoms with Gasteiger partial charge in [-0.3, -0.25) is 14.4 Å². The number of rotatable bonds is 5. The topological polar surface area (TPSA) is 111 Å². The number of nitrogens with two attached hydrogens (primary N) is 1. The van der Waals surface area contributed by atoms with Crippen LogP contribution in [0.1, 0.15) is 13.8 Å². The Morgan fingerprint density at radius 2 is 1.67 bits per heavy atom. The van der Waals surface area contributed by atoms with Gasteiger partial charge in [0.1, 0.15) is 11.8 Å². The van der Waals surface area contributed by atoms with Crippen LogP contribution in [0, 0.1) is 5.92 Å². The highest BCUT2D eigenvalue weighted by Gasteiger charge is 2.24. The Morgan fingerprint density at radius 3 is 2.10 bits per heavy atom. The third-order valence-corrected chi connectivity index (χ3v) is 2.81. The van der Waals surface area contributed by atoms with Crippen LogP contribution >= 0.6 is 0 Å². The quantitative estimate of drug-likeness (QED) is 0.676. The number of amides is 3. The molecule has 0 radical (unpaired) electrons. The van der Waals surface area contributed by atoms with Gasteiger partial charge in [-0.2, -0.15) is 0 Å². The van der Waals surface area contributed by atoms with Gasteiger partial charge < -0.3 is 21.1 Å². The molecule has 114 valence electrons. The van der Waals surface area contributed by atoms with Crippen molar-refractivity contribution < 1.29 is 19.1 Å². The average Bonchev–Trinajstić information content (AvgIpc) is 2.44. The first-order valence-corrected chi connectivity index (χ1v) is 6.40. The lowest BCUT2D eigenvalue weighted by atomic mass is 10.0. The average molecular weight is 293 g/mol. The number of hydrogen-bond donors (Lipinski definition) is 3. The Balaban J connectivity index is 2.65. The van der Waals surface area contributed by atoms with Crippen LogP contribution in [0.2, 0.25) is 0 Å². The standard InChI is InChI=1S/C14H19N3O4/c1-8(2)11(12(15)18)17-14(20)13(19)16-9-4-6-10(21-3)7-5-9/h4-8,11H,1-3H3,(H2,15,18)(H,16,19)(H,17,20)/t11-/m0/s1. The summed E-state index contributed by atoms with van der Waals surface area (Å²) in [5.74, 6) is -2.04. The minimum atomic E-state index is -0.914. The van der Waals surface area contributed by atoms with Crippen LogP contribution in [0.4, 0.5) is 5.69 Å². The largest absolute Gasteiger partial charge is 0.497 e. The minimum Gasteiger partial charge on any atom is -0.497 e. The number of carbonyl (C=O) groups is 3. The fourth-order valence-electron chi connectivity index (χ4n) is 1.64. The molecule has 0 fully saturated rings. The van der Waals surface area contributed by atoms with E-state index in [0.29, 0.717) is 11.4 Å². The van der Waals surface area contributed by atoms with Gasteiger partial charge in [-0.15, -0.1) is 0 Å². The Morgan fingerprint density at radius 1 is 1.10 bits per heavy atom. The highest BCUT2D eigenvalue weighted by Crippen LogP contribution is 2.14. The van der Waals surface area contributed by atoms with E-state index in [-0.39, 0.29) is 5.92 Å². The molecular formula is C14H19N3O4. The Kier molecular flexibility index (Phi) is 5.71. The highest BCUT2D eigenvalue weighted by molar-refractivity contribution is 6.40. The van der Waals surface area contributed by atoms with Crippen molar-refractivity contribution in [1.29, 1.82) is 0 Å². The van der Waals surface area contributed by atoms with Gasteiger partial charge in [-0.25, -0.2) is 0 Å². The Bertz CT molecular complexity index is 526. The summed E-state index contributed by atoms with van der Waals surface area (Å²) in [5, 5.41) is 4.73. The molecule has 0 aliphatic rings. The van der Waals surface area contributed by atoms with Gasteiger partial charge in [0.15, 0.2) is 0 Å². The summed E-state index contributed by atoms with van der Waals surface area (Å²) in [6.07, 6.45) is 0. The van der Waals surface area contributed by atoms with Crippen LogP contribution in [-0.2, 0) is 14.4 Å². The van der Waals surface area contributed by atoms with Crippen LogP contribution in [-0.4, -0.2) is 30.9 Å². The zero-order valence-electron chi connectivity index (χ0n) is 12.2. The molecule has 1 rings (SSSR count). The first-order chi connectivity index (χ1) is 9.85. The van der Waals surface area contributed by atoms with Crippen molar-refractivity contribution >= 4 is 23.4 Å². The zero-order chi connectivity index (χ0) is 16.0. The maximum atomic E-state index is 11.7. The summed E-state index contributed by atoms with van der Waals surface area (Å²) in [5.41, 5.74) is 5.61. The van der Waals surface area contributed by atoms with Crippen LogP contribution in [0.5, 0.6) is 5.75 Å². The Labute approximate surface area is 122 Å². The lowest BCUT2D eigenvalue weighted by Gasteiger charge is -2.18. The molecule has 3 amide bonds. The lowest BCUT2D eigenvalue weighted by molar-refractivity contribution is -0.138. The van der Waals surface area contributed by atoms with E-state index in [1.165, 1.54) is 7.11 Å². The molecule has 0 saturated carbocycles. The fraction of sp³-hybridized carbons (Fsp3) is 0.357. The molecule has 4 N–H and O–H groups in total. The second kappa shape index (κ2) is 7.28. The van der Waals surface area contributed by atoms with Crippen molar-refractivity contribution in [3.63, 3.8) is 0 Å². The number of anilines is 1. The van der Waals surface area contributed by atoms with E-state index in [1.54, 1.807) is 38.1 Å². The fourth-order valence-corrected chi connectivity index (χ4v) is 1.64. The Hall–Kier alpha value is -2.57. The molecule has 0 aliphatic carbocycles. The van der Waals surface area contributed by atoms with Gasteiger partial charge >= 0.3 is 11.8 Å². The van der Waals surface area contributed by atoms with Crippen LogP contribution < -0.4 is 21.1 Å². The molecule has 1 aromatic carbocycles. The summed E-state index contributed by atoms with van der Waals surface area (Å²) < 4.78 is 4.98. The van der Waals surface area contributed by atoms with Gasteiger partial charge in [-0.1, -0.05) is 13.8 Å². The SMILES string of the molecule is COc1ccc(NC(=O)C(=O)N[C@H](C(N)=O)C(C)C)cc1. The summed E-state index contributed by atoms with van der Waals surface area (Å²) >= 11 is 0. The zero-order valence-corrected chi connectivity index (χ0v) is 12.2. The molecule has 7 heteroatoms. The molecule has 0 spiro atoms. The third-order valence-electron chi connectivity index (χ3n) is 2.81. The van der Waals surface area contributed by atoms with Gasteiger partial charge in [0, 0.05) is 5.69 Å². The van der Waals surface area contributed by atoms with E-state index < -0.39 is 23.8 Å². The van der Waals surface area contributed by atoms with Crippen molar-refractivity contribution in [2.45, 2.75) is 19.9 Å². The van der Waals surface area contributed by atoms with E-state index in [1.807, 2.05) is 0 Å². The molecule has 21 heavy (non-hydrogen) atoms. The molecule has 0 unspecified atom stereocenters. The molecular weight excluding hydrogens is 274 g/mol. The van der Waals surface area contributed by atoms with Crippen molar-refractivity contribution in [1.82, 2.24) is 5.32 Å². The third kappa shape index (κ3) is 4.79. The van der Waals surface area contributed by atoms with E-state index >= 15 is 0 Å². The second-order valence-electron chi connectivity index (χ2n) is 4.78. The number of primary amides is 1. The van der Waals surface area contributed by atoms with Crippen LogP contribution in [0.3, 0.4) is 0 Å². The van der Waals surface area contributed by atoms with E-state index in [4.69, 9.17) is 10.5 Å². The number of carbonyl (C=O) groups excluding carboxylic acids is 3. The van der Waals surface area contributed by atoms with E-state index in [2.05, 4.69) is 10.6 Å². The van der Waals surface area contributed by atoms with Crippen molar-refractivity contribution in [3.8, 4) is 5.75 Å². The van der Waals surface area contributed by atoms with Crippen LogP contribution in [0.15, 0.2) is 24.3 Å². The maximum absolute atomic E-state index is 11.7. The van der Waals surface area contributed by atoms with Crippen molar-refractivity contribution in [2.24, 2.45) is 11.7 Å². The van der Waals surface area contributed by atoms with Gasteiger partial charge in [0.25, 0.3) is 0 Å². The predicted octanol–water partition coefficient (Wildman–Crippen LogP) is 0.260. The molecule has 0 aliphatic heterocycles. The summed E-state index contributed by atoms with van der Waals surface area (Å²) in [6.45, 7) is 3.44. The predicted molar refractivity (Wildman–Crippen MR) is 77.6 cm³/mol. The highest BCUT2D eigenvalue weighted by atomic mass is 16.5. The van der Waals surface area contributed by atoms with E-state index in [0.717, 1.165) is 0 Å². The van der Waals surface area contributed by atoms with Crippen LogP contribution in [0.25, 0.3) is 0 Å². The summed E-state index contributed by atoms with van der Waals surface area (Å²) in [4.78, 5) is 34.7. The smallest absolute Gasteiger partial charge is 0.313 e. The molecule has 7 nitrogen and oxygen atoms in total.